The summed E-state index contributed by atoms with van der Waals surface area (Å²) in [5.41, 5.74) is 3.77. The first-order valence-electron chi connectivity index (χ1n) is 6.76. The normalized spacial score (nSPS) is 10.5. The quantitative estimate of drug-likeness (QED) is 0.649. The lowest BCUT2D eigenvalue weighted by molar-refractivity contribution is 0.252. The Morgan fingerprint density at radius 1 is 1.27 bits per heavy atom. The van der Waals surface area contributed by atoms with Crippen molar-refractivity contribution in [3.63, 3.8) is 0 Å². The molecule has 6 heteroatoms. The molecule has 22 heavy (non-hydrogen) atoms. The molecule has 0 aliphatic heterocycles. The number of hydrogen-bond acceptors (Lipinski definition) is 3. The lowest BCUT2D eigenvalue weighted by atomic mass is 10.2. The van der Waals surface area contributed by atoms with Gasteiger partial charge in [0.2, 0.25) is 0 Å². The number of carbonyl (C=O) groups is 1. The van der Waals surface area contributed by atoms with E-state index in [9.17, 15) is 4.79 Å². The summed E-state index contributed by atoms with van der Waals surface area (Å²) in [7, 11) is 0. The van der Waals surface area contributed by atoms with Gasteiger partial charge >= 0.3 is 6.03 Å². The Balaban J connectivity index is 1.93. The van der Waals surface area contributed by atoms with Crippen LogP contribution in [0.3, 0.4) is 0 Å². The van der Waals surface area contributed by atoms with Gasteiger partial charge in [0.1, 0.15) is 5.75 Å². The van der Waals surface area contributed by atoms with Crippen LogP contribution in [-0.2, 0) is 0 Å². The van der Waals surface area contributed by atoms with Crippen molar-refractivity contribution in [3.8, 4) is 5.75 Å². The van der Waals surface area contributed by atoms with Gasteiger partial charge in [-0.15, -0.1) is 0 Å². The number of anilines is 1. The standard InChI is InChI=1S/C16H16ClN3O2/c1-2-22-15-9-4-3-6-12(15)11-18-20-16(21)19-14-8-5-7-13(17)10-14/h3-11H,2H2,1H3,(H2,19,20,21)/b18-11-. The maximum absolute atomic E-state index is 11.7. The summed E-state index contributed by atoms with van der Waals surface area (Å²) in [6, 6.07) is 13.9. The molecule has 114 valence electrons. The fraction of sp³-hybridized carbons (Fsp3) is 0.125. The Labute approximate surface area is 133 Å². The summed E-state index contributed by atoms with van der Waals surface area (Å²) < 4.78 is 5.47. The first-order chi connectivity index (χ1) is 10.7. The Kier molecular flexibility index (Phi) is 5.80. The van der Waals surface area contributed by atoms with E-state index >= 15 is 0 Å². The van der Waals surface area contributed by atoms with Crippen LogP contribution in [0.25, 0.3) is 0 Å². The first kappa shape index (κ1) is 15.9. The number of nitrogens with zero attached hydrogens (tertiary/aromatic N) is 1. The summed E-state index contributed by atoms with van der Waals surface area (Å²) in [4.78, 5) is 11.7. The molecule has 5 nitrogen and oxygen atoms in total. The number of para-hydroxylation sites is 1. The molecule has 2 N–H and O–H groups in total. The van der Waals surface area contributed by atoms with Crippen LogP contribution in [-0.4, -0.2) is 18.9 Å². The number of rotatable bonds is 5. The number of amides is 2. The van der Waals surface area contributed by atoms with Gasteiger partial charge in [0.15, 0.2) is 0 Å². The van der Waals surface area contributed by atoms with E-state index in [1.807, 2.05) is 31.2 Å². The van der Waals surface area contributed by atoms with Crippen molar-refractivity contribution in [2.75, 3.05) is 11.9 Å². The van der Waals surface area contributed by atoms with Gasteiger partial charge in [-0.3, -0.25) is 0 Å². The molecule has 2 amide bonds. The number of urea groups is 1. The summed E-state index contributed by atoms with van der Waals surface area (Å²) in [5, 5.41) is 7.08. The molecule has 2 rings (SSSR count). The van der Waals surface area contributed by atoms with Crippen molar-refractivity contribution in [2.24, 2.45) is 5.10 Å². The molecule has 0 bridgehead atoms. The highest BCUT2D eigenvalue weighted by Gasteiger charge is 2.01. The van der Waals surface area contributed by atoms with Gasteiger partial charge in [-0.25, -0.2) is 10.2 Å². The van der Waals surface area contributed by atoms with Gasteiger partial charge in [-0.1, -0.05) is 29.8 Å². The number of hydrazone groups is 1. The van der Waals surface area contributed by atoms with E-state index in [4.69, 9.17) is 16.3 Å². The van der Waals surface area contributed by atoms with E-state index in [-0.39, 0.29) is 0 Å². The van der Waals surface area contributed by atoms with Crippen molar-refractivity contribution in [1.29, 1.82) is 0 Å². The molecule has 0 heterocycles. The summed E-state index contributed by atoms with van der Waals surface area (Å²) in [6.07, 6.45) is 1.53. The zero-order chi connectivity index (χ0) is 15.8. The van der Waals surface area contributed by atoms with E-state index in [0.29, 0.717) is 23.1 Å². The minimum atomic E-state index is -0.451. The Bertz CT molecular complexity index is 674. The van der Waals surface area contributed by atoms with E-state index < -0.39 is 6.03 Å². The van der Waals surface area contributed by atoms with Gasteiger partial charge < -0.3 is 10.1 Å². The second-order valence-corrected chi connectivity index (χ2v) is 4.74. The van der Waals surface area contributed by atoms with Crippen LogP contribution in [0.5, 0.6) is 5.75 Å². The third kappa shape index (κ3) is 4.79. The SMILES string of the molecule is CCOc1ccccc1/C=N\NC(=O)Nc1cccc(Cl)c1. The van der Waals surface area contributed by atoms with Gasteiger partial charge in [-0.2, -0.15) is 5.10 Å². The highest BCUT2D eigenvalue weighted by Crippen LogP contribution is 2.16. The average molecular weight is 318 g/mol. The smallest absolute Gasteiger partial charge is 0.339 e. The van der Waals surface area contributed by atoms with Gasteiger partial charge in [0, 0.05) is 16.3 Å². The van der Waals surface area contributed by atoms with E-state index in [2.05, 4.69) is 15.8 Å². The number of hydrogen-bond donors (Lipinski definition) is 2. The maximum Gasteiger partial charge on any atom is 0.339 e. The van der Waals surface area contributed by atoms with Crippen LogP contribution >= 0.6 is 11.6 Å². The number of nitrogens with one attached hydrogen (secondary N) is 2. The largest absolute Gasteiger partial charge is 0.493 e. The number of halogens is 1. The fourth-order valence-electron chi connectivity index (χ4n) is 1.76. The van der Waals surface area contributed by atoms with Crippen molar-refractivity contribution in [3.05, 3.63) is 59.1 Å². The van der Waals surface area contributed by atoms with Gasteiger partial charge in [-0.05, 0) is 37.3 Å². The highest BCUT2D eigenvalue weighted by molar-refractivity contribution is 6.30. The first-order valence-corrected chi connectivity index (χ1v) is 7.14. The lowest BCUT2D eigenvalue weighted by Crippen LogP contribution is -2.24. The topological polar surface area (TPSA) is 62.7 Å². The maximum atomic E-state index is 11.7. The van der Waals surface area contributed by atoms with Crippen LogP contribution in [0.2, 0.25) is 5.02 Å². The molecule has 0 aliphatic carbocycles. The average Bonchev–Trinajstić information content (AvgIpc) is 2.49. The molecule has 0 atom stereocenters. The van der Waals surface area contributed by atoms with Crippen molar-refractivity contribution < 1.29 is 9.53 Å². The van der Waals surface area contributed by atoms with Crippen LogP contribution in [0.4, 0.5) is 10.5 Å². The number of ether oxygens (including phenoxy) is 1. The molecule has 0 unspecified atom stereocenters. The Morgan fingerprint density at radius 2 is 2.09 bits per heavy atom. The van der Waals surface area contributed by atoms with Crippen molar-refractivity contribution in [2.45, 2.75) is 6.92 Å². The third-order valence-electron chi connectivity index (χ3n) is 2.67. The van der Waals surface area contributed by atoms with Gasteiger partial charge in [0.05, 0.1) is 12.8 Å². The van der Waals surface area contributed by atoms with Crippen LogP contribution < -0.4 is 15.5 Å². The third-order valence-corrected chi connectivity index (χ3v) is 2.91. The molecular formula is C16H16ClN3O2. The summed E-state index contributed by atoms with van der Waals surface area (Å²) in [6.45, 7) is 2.47. The second kappa shape index (κ2) is 8.05. The minimum absolute atomic E-state index is 0.451. The molecular weight excluding hydrogens is 302 g/mol. The predicted molar refractivity (Wildman–Crippen MR) is 88.8 cm³/mol. The number of carbonyl (C=O) groups excluding carboxylic acids is 1. The Morgan fingerprint density at radius 3 is 2.86 bits per heavy atom. The van der Waals surface area contributed by atoms with Crippen molar-refractivity contribution >= 4 is 29.5 Å². The van der Waals surface area contributed by atoms with E-state index in [1.165, 1.54) is 6.21 Å². The molecule has 0 saturated heterocycles. The number of benzene rings is 2. The molecule has 0 radical (unpaired) electrons. The van der Waals surface area contributed by atoms with Crippen LogP contribution in [0, 0.1) is 0 Å². The fourth-order valence-corrected chi connectivity index (χ4v) is 1.95. The minimum Gasteiger partial charge on any atom is -0.493 e. The zero-order valence-corrected chi connectivity index (χ0v) is 12.8. The van der Waals surface area contributed by atoms with Crippen LogP contribution in [0.1, 0.15) is 12.5 Å². The van der Waals surface area contributed by atoms with Crippen LogP contribution in [0.15, 0.2) is 53.6 Å². The predicted octanol–water partition coefficient (Wildman–Crippen LogP) is 3.89. The monoisotopic (exact) mass is 317 g/mol. The molecule has 0 aromatic heterocycles. The molecule has 0 aliphatic rings. The van der Waals surface area contributed by atoms with Crippen molar-refractivity contribution in [1.82, 2.24) is 5.43 Å². The highest BCUT2D eigenvalue weighted by atomic mass is 35.5. The van der Waals surface area contributed by atoms with E-state index in [1.54, 1.807) is 24.3 Å². The van der Waals surface area contributed by atoms with E-state index in [0.717, 1.165) is 5.56 Å². The second-order valence-electron chi connectivity index (χ2n) is 4.31. The van der Waals surface area contributed by atoms with Gasteiger partial charge in [0.25, 0.3) is 0 Å². The summed E-state index contributed by atoms with van der Waals surface area (Å²) in [5.74, 6) is 0.714. The molecule has 2 aromatic carbocycles. The summed E-state index contributed by atoms with van der Waals surface area (Å²) >= 11 is 5.84. The lowest BCUT2D eigenvalue weighted by Gasteiger charge is -2.06. The Hall–Kier alpha value is -2.53. The zero-order valence-electron chi connectivity index (χ0n) is 12.0. The molecule has 0 fully saturated rings. The molecule has 0 saturated carbocycles. The molecule has 2 aromatic rings. The molecule has 0 spiro atoms.